The van der Waals surface area contributed by atoms with Gasteiger partial charge in [0.05, 0.1) is 5.71 Å². The van der Waals surface area contributed by atoms with E-state index in [1.54, 1.807) is 6.92 Å². The molecule has 2 amide bonds. The van der Waals surface area contributed by atoms with Crippen LogP contribution in [0.25, 0.3) is 0 Å². The molecule has 2 aliphatic rings. The number of rotatable bonds is 4. The largest absolute Gasteiger partial charge is 0.463 e. The number of aromatic nitrogens is 2. The molecule has 2 aromatic rings. The van der Waals surface area contributed by atoms with Crippen LogP contribution >= 0.6 is 0 Å². The van der Waals surface area contributed by atoms with E-state index in [0.29, 0.717) is 41.6 Å². The van der Waals surface area contributed by atoms with Crippen molar-refractivity contribution in [2.45, 2.75) is 58.0 Å². The number of aryl methyl sites for hydroxylation is 1. The normalized spacial score (nSPS) is 22.1. The molecule has 0 spiro atoms. The van der Waals surface area contributed by atoms with Gasteiger partial charge >= 0.3 is 6.03 Å². The molecule has 8 heteroatoms. The number of nitrogens with one attached hydrogen (secondary N) is 1. The Labute approximate surface area is 182 Å². The molecule has 1 fully saturated rings. The van der Waals surface area contributed by atoms with Gasteiger partial charge in [-0.05, 0) is 63.9 Å². The minimum absolute atomic E-state index is 0.328. The van der Waals surface area contributed by atoms with Gasteiger partial charge < -0.3 is 21.5 Å². The number of anilines is 1. The van der Waals surface area contributed by atoms with Gasteiger partial charge in [0.15, 0.2) is 11.5 Å². The van der Waals surface area contributed by atoms with Gasteiger partial charge in [-0.2, -0.15) is 4.98 Å². The Morgan fingerprint density at radius 2 is 1.84 bits per heavy atom. The first-order valence-corrected chi connectivity index (χ1v) is 10.8. The molecule has 1 aliphatic heterocycles. The number of urea groups is 1. The SMILES string of the molecule is Cc1nc(N)c2c(n1)OC(C)(C)C(c1ccc(C3CCC(CNC(N)=O)CC3)cc1)=N2. The monoisotopic (exact) mass is 422 g/mol. The molecule has 0 unspecified atom stereocenters. The van der Waals surface area contributed by atoms with Gasteiger partial charge in [-0.25, -0.2) is 14.8 Å². The minimum atomic E-state index is -0.632. The lowest BCUT2D eigenvalue weighted by molar-refractivity contribution is 0.171. The predicted molar refractivity (Wildman–Crippen MR) is 121 cm³/mol. The van der Waals surface area contributed by atoms with Crippen LogP contribution in [0, 0.1) is 12.8 Å². The molecule has 31 heavy (non-hydrogen) atoms. The molecule has 8 nitrogen and oxygen atoms in total. The molecule has 2 heterocycles. The zero-order chi connectivity index (χ0) is 22.2. The van der Waals surface area contributed by atoms with Gasteiger partial charge in [-0.15, -0.1) is 0 Å². The van der Waals surface area contributed by atoms with Crippen molar-refractivity contribution < 1.29 is 9.53 Å². The number of hydrogen-bond acceptors (Lipinski definition) is 6. The molecule has 0 saturated heterocycles. The highest BCUT2D eigenvalue weighted by Crippen LogP contribution is 2.40. The standard InChI is InChI=1S/C23H30N6O2/c1-13-27-20(24)18-21(28-13)31-23(2,3)19(29-18)17-10-8-16(9-11-17)15-6-4-14(5-7-15)12-26-22(25)30/h8-11,14-15H,4-7,12H2,1-3H3,(H2,24,27,28)(H3,25,26,30). The minimum Gasteiger partial charge on any atom is -0.463 e. The number of primary amides is 1. The van der Waals surface area contributed by atoms with Crippen LogP contribution in [0.5, 0.6) is 5.88 Å². The van der Waals surface area contributed by atoms with E-state index in [2.05, 4.69) is 39.6 Å². The Morgan fingerprint density at radius 1 is 1.16 bits per heavy atom. The highest BCUT2D eigenvalue weighted by Gasteiger charge is 2.35. The lowest BCUT2D eigenvalue weighted by Crippen LogP contribution is -2.41. The van der Waals surface area contributed by atoms with Crippen molar-refractivity contribution in [2.24, 2.45) is 16.6 Å². The van der Waals surface area contributed by atoms with Crippen molar-refractivity contribution in [1.82, 2.24) is 15.3 Å². The Balaban J connectivity index is 1.50. The molecule has 0 atom stereocenters. The molecule has 1 saturated carbocycles. The summed E-state index contributed by atoms with van der Waals surface area (Å²) in [5.41, 5.74) is 14.3. The first-order valence-electron chi connectivity index (χ1n) is 10.8. The fourth-order valence-corrected chi connectivity index (χ4v) is 4.54. The van der Waals surface area contributed by atoms with Crippen molar-refractivity contribution >= 4 is 23.2 Å². The molecular formula is C23H30N6O2. The molecule has 0 radical (unpaired) electrons. The maximum absolute atomic E-state index is 10.9. The number of nitrogens with zero attached hydrogens (tertiary/aromatic N) is 3. The maximum atomic E-state index is 10.9. The summed E-state index contributed by atoms with van der Waals surface area (Å²) < 4.78 is 6.15. The van der Waals surface area contributed by atoms with Crippen LogP contribution in [-0.2, 0) is 0 Å². The average Bonchev–Trinajstić information content (AvgIpc) is 2.71. The second-order valence-electron chi connectivity index (χ2n) is 8.97. The number of amides is 2. The second kappa shape index (κ2) is 8.17. The van der Waals surface area contributed by atoms with Crippen molar-refractivity contribution in [1.29, 1.82) is 0 Å². The Morgan fingerprint density at radius 3 is 2.48 bits per heavy atom. The van der Waals surface area contributed by atoms with Gasteiger partial charge in [-0.1, -0.05) is 24.3 Å². The number of fused-ring (bicyclic) bond motifs is 1. The van der Waals surface area contributed by atoms with Crippen LogP contribution in [0.3, 0.4) is 0 Å². The van der Waals surface area contributed by atoms with Gasteiger partial charge in [-0.3, -0.25) is 0 Å². The van der Waals surface area contributed by atoms with Crippen molar-refractivity contribution in [3.05, 3.63) is 41.2 Å². The first-order chi connectivity index (χ1) is 14.7. The Hall–Kier alpha value is -3.16. The number of aliphatic imine (C=N–C) groups is 1. The second-order valence-corrected chi connectivity index (χ2v) is 8.97. The fraction of sp³-hybridized carbons (Fsp3) is 0.478. The van der Waals surface area contributed by atoms with Crippen LogP contribution in [-0.4, -0.2) is 33.9 Å². The molecule has 1 aromatic carbocycles. The number of hydrogen-bond donors (Lipinski definition) is 3. The number of benzene rings is 1. The van der Waals surface area contributed by atoms with E-state index >= 15 is 0 Å². The molecule has 1 aromatic heterocycles. The fourth-order valence-electron chi connectivity index (χ4n) is 4.54. The van der Waals surface area contributed by atoms with Crippen LogP contribution in [0.4, 0.5) is 16.3 Å². The topological polar surface area (TPSA) is 129 Å². The zero-order valence-electron chi connectivity index (χ0n) is 18.3. The maximum Gasteiger partial charge on any atom is 0.312 e. The number of ether oxygens (including phenoxy) is 1. The smallest absolute Gasteiger partial charge is 0.312 e. The molecule has 0 bridgehead atoms. The summed E-state index contributed by atoms with van der Waals surface area (Å²) in [5.74, 6) is 2.36. The van der Waals surface area contributed by atoms with Gasteiger partial charge in [0, 0.05) is 12.1 Å². The van der Waals surface area contributed by atoms with Gasteiger partial charge in [0.1, 0.15) is 11.4 Å². The van der Waals surface area contributed by atoms with E-state index in [1.807, 2.05) is 13.8 Å². The number of nitrogen functional groups attached to an aromatic ring is 1. The van der Waals surface area contributed by atoms with Gasteiger partial charge in [0.2, 0.25) is 5.88 Å². The van der Waals surface area contributed by atoms with Crippen LogP contribution in [0.2, 0.25) is 0 Å². The third-order valence-electron chi connectivity index (χ3n) is 6.20. The van der Waals surface area contributed by atoms with Crippen LogP contribution < -0.4 is 21.5 Å². The number of nitrogens with two attached hydrogens (primary N) is 2. The summed E-state index contributed by atoms with van der Waals surface area (Å²) in [5, 5.41) is 2.73. The first kappa shape index (κ1) is 21.1. The lowest BCUT2D eigenvalue weighted by atomic mass is 9.78. The van der Waals surface area contributed by atoms with E-state index in [4.69, 9.17) is 21.2 Å². The number of carbonyl (C=O) groups excluding carboxylic acids is 1. The van der Waals surface area contributed by atoms with Crippen molar-refractivity contribution in [3.8, 4) is 5.88 Å². The summed E-state index contributed by atoms with van der Waals surface area (Å²) in [4.78, 5) is 24.3. The van der Waals surface area contributed by atoms with E-state index in [1.165, 1.54) is 5.56 Å². The zero-order valence-corrected chi connectivity index (χ0v) is 18.3. The van der Waals surface area contributed by atoms with Gasteiger partial charge in [0.25, 0.3) is 0 Å². The van der Waals surface area contributed by atoms with Crippen LogP contribution in [0.15, 0.2) is 29.3 Å². The molecular weight excluding hydrogens is 392 g/mol. The molecule has 1 aliphatic carbocycles. The molecule has 164 valence electrons. The summed E-state index contributed by atoms with van der Waals surface area (Å²) in [6.07, 6.45) is 4.41. The Kier molecular flexibility index (Phi) is 5.56. The van der Waals surface area contributed by atoms with E-state index in [-0.39, 0.29) is 0 Å². The predicted octanol–water partition coefficient (Wildman–Crippen LogP) is 3.60. The van der Waals surface area contributed by atoms with E-state index < -0.39 is 11.6 Å². The van der Waals surface area contributed by atoms with Crippen molar-refractivity contribution in [2.75, 3.05) is 12.3 Å². The third kappa shape index (κ3) is 4.47. The molecule has 4 rings (SSSR count). The summed E-state index contributed by atoms with van der Waals surface area (Å²) >= 11 is 0. The summed E-state index contributed by atoms with van der Waals surface area (Å²) in [7, 11) is 0. The Bertz CT molecular complexity index is 1010. The highest BCUT2D eigenvalue weighted by atomic mass is 16.5. The quantitative estimate of drug-likeness (QED) is 0.693. The average molecular weight is 423 g/mol. The van der Waals surface area contributed by atoms with E-state index in [0.717, 1.165) is 37.0 Å². The summed E-state index contributed by atoms with van der Waals surface area (Å²) in [6, 6.07) is 8.14. The number of carbonyl (C=O) groups is 1. The highest BCUT2D eigenvalue weighted by molar-refractivity contribution is 6.09. The third-order valence-corrected chi connectivity index (χ3v) is 6.20. The van der Waals surface area contributed by atoms with Crippen molar-refractivity contribution in [3.63, 3.8) is 0 Å². The van der Waals surface area contributed by atoms with Crippen LogP contribution in [0.1, 0.15) is 62.4 Å². The molecule has 5 N–H and O–H groups in total. The lowest BCUT2D eigenvalue weighted by Gasteiger charge is -2.32. The van der Waals surface area contributed by atoms with E-state index in [9.17, 15) is 4.79 Å². The summed E-state index contributed by atoms with van der Waals surface area (Å²) in [6.45, 7) is 6.42.